The summed E-state index contributed by atoms with van der Waals surface area (Å²) < 4.78 is 10.9. The van der Waals surface area contributed by atoms with E-state index in [0.29, 0.717) is 31.3 Å². The first-order valence-electron chi connectivity index (χ1n) is 7.72. The number of rotatable bonds is 4. The summed E-state index contributed by atoms with van der Waals surface area (Å²) in [5, 5.41) is 0. The van der Waals surface area contributed by atoms with E-state index in [1.807, 2.05) is 13.0 Å². The van der Waals surface area contributed by atoms with Crippen molar-refractivity contribution in [2.24, 2.45) is 0 Å². The standard InChI is InChI=1S/C16H20N4O3/c1-11-7-13(18-10-17-11)3-4-14-8-20(5-6-22-14)16(21)15-9-23-12(2)19-15/h7,9-10,14H,3-6,8H2,1-2H3/t14-/m1/s1. The van der Waals surface area contributed by atoms with Crippen molar-refractivity contribution < 1.29 is 13.9 Å². The lowest BCUT2D eigenvalue weighted by molar-refractivity contribution is -0.0248. The van der Waals surface area contributed by atoms with E-state index in [1.54, 1.807) is 18.2 Å². The fourth-order valence-electron chi connectivity index (χ4n) is 2.66. The van der Waals surface area contributed by atoms with E-state index in [9.17, 15) is 4.79 Å². The molecule has 0 N–H and O–H groups in total. The highest BCUT2D eigenvalue weighted by molar-refractivity contribution is 5.92. The van der Waals surface area contributed by atoms with Gasteiger partial charge in [-0.15, -0.1) is 0 Å². The minimum absolute atomic E-state index is 0.0102. The lowest BCUT2D eigenvalue weighted by atomic mass is 10.1. The van der Waals surface area contributed by atoms with Crippen LogP contribution in [-0.4, -0.2) is 51.6 Å². The van der Waals surface area contributed by atoms with Gasteiger partial charge in [0.1, 0.15) is 12.6 Å². The Bertz CT molecular complexity index is 685. The molecule has 2 aromatic heterocycles. The lowest BCUT2D eigenvalue weighted by Gasteiger charge is -2.32. The van der Waals surface area contributed by atoms with Crippen molar-refractivity contribution >= 4 is 5.91 Å². The van der Waals surface area contributed by atoms with Crippen LogP contribution in [0.5, 0.6) is 0 Å². The topological polar surface area (TPSA) is 81.4 Å². The molecule has 1 aliphatic rings. The molecule has 0 bridgehead atoms. The number of oxazole rings is 1. The van der Waals surface area contributed by atoms with Crippen molar-refractivity contribution in [1.29, 1.82) is 0 Å². The number of carbonyl (C=O) groups excluding carboxylic acids is 1. The SMILES string of the molecule is Cc1cc(CC[C@@H]2CN(C(=O)c3coc(C)n3)CCO2)ncn1. The van der Waals surface area contributed by atoms with Crippen LogP contribution in [0, 0.1) is 13.8 Å². The van der Waals surface area contributed by atoms with Gasteiger partial charge in [0, 0.05) is 31.4 Å². The first-order valence-corrected chi connectivity index (χ1v) is 7.72. The Kier molecular flexibility index (Phi) is 4.66. The van der Waals surface area contributed by atoms with Crippen LogP contribution in [0.4, 0.5) is 0 Å². The van der Waals surface area contributed by atoms with Gasteiger partial charge in [-0.05, 0) is 25.8 Å². The summed E-state index contributed by atoms with van der Waals surface area (Å²) in [6.45, 7) is 5.35. The van der Waals surface area contributed by atoms with Crippen LogP contribution in [0.1, 0.15) is 34.2 Å². The normalized spacial score (nSPS) is 18.2. The lowest BCUT2D eigenvalue weighted by Crippen LogP contribution is -2.45. The number of hydrogen-bond acceptors (Lipinski definition) is 6. The Hall–Kier alpha value is -2.28. The monoisotopic (exact) mass is 316 g/mol. The molecule has 3 rings (SSSR count). The van der Waals surface area contributed by atoms with Crippen LogP contribution < -0.4 is 0 Å². The van der Waals surface area contributed by atoms with Crippen LogP contribution in [0.3, 0.4) is 0 Å². The van der Waals surface area contributed by atoms with Gasteiger partial charge in [0.05, 0.1) is 12.7 Å². The summed E-state index contributed by atoms with van der Waals surface area (Å²) in [5.74, 6) is 0.394. The zero-order valence-corrected chi connectivity index (χ0v) is 13.4. The predicted molar refractivity (Wildman–Crippen MR) is 82.0 cm³/mol. The molecule has 7 heteroatoms. The van der Waals surface area contributed by atoms with Gasteiger partial charge in [-0.25, -0.2) is 15.0 Å². The Morgan fingerprint density at radius 2 is 2.26 bits per heavy atom. The third-order valence-corrected chi connectivity index (χ3v) is 3.85. The van der Waals surface area contributed by atoms with Crippen molar-refractivity contribution in [3.63, 3.8) is 0 Å². The van der Waals surface area contributed by atoms with E-state index in [1.165, 1.54) is 6.26 Å². The number of carbonyl (C=O) groups is 1. The van der Waals surface area contributed by atoms with E-state index in [2.05, 4.69) is 15.0 Å². The number of nitrogens with zero attached hydrogens (tertiary/aromatic N) is 4. The molecule has 0 aromatic carbocycles. The summed E-state index contributed by atoms with van der Waals surface area (Å²) in [4.78, 5) is 26.6. The maximum Gasteiger partial charge on any atom is 0.275 e. The fraction of sp³-hybridized carbons (Fsp3) is 0.500. The van der Waals surface area contributed by atoms with Gasteiger partial charge < -0.3 is 14.1 Å². The van der Waals surface area contributed by atoms with E-state index in [4.69, 9.17) is 9.15 Å². The van der Waals surface area contributed by atoms with Crippen LogP contribution in [0.25, 0.3) is 0 Å². The highest BCUT2D eigenvalue weighted by Crippen LogP contribution is 2.14. The third kappa shape index (κ3) is 3.92. The Labute approximate surface area is 134 Å². The Morgan fingerprint density at radius 3 is 3.00 bits per heavy atom. The molecular weight excluding hydrogens is 296 g/mol. The summed E-state index contributed by atoms with van der Waals surface area (Å²) >= 11 is 0. The average molecular weight is 316 g/mol. The van der Waals surface area contributed by atoms with Gasteiger partial charge in [-0.2, -0.15) is 0 Å². The zero-order chi connectivity index (χ0) is 16.2. The summed E-state index contributed by atoms with van der Waals surface area (Å²) in [6.07, 6.45) is 4.62. The summed E-state index contributed by atoms with van der Waals surface area (Å²) in [5.41, 5.74) is 2.31. The molecule has 0 aliphatic carbocycles. The number of hydrogen-bond donors (Lipinski definition) is 0. The third-order valence-electron chi connectivity index (χ3n) is 3.85. The minimum atomic E-state index is -0.104. The first-order chi connectivity index (χ1) is 11.1. The molecule has 0 spiro atoms. The van der Waals surface area contributed by atoms with Gasteiger partial charge in [0.25, 0.3) is 5.91 Å². The highest BCUT2D eigenvalue weighted by Gasteiger charge is 2.26. The predicted octanol–water partition coefficient (Wildman–Crippen LogP) is 1.56. The second kappa shape index (κ2) is 6.87. The largest absolute Gasteiger partial charge is 0.448 e. The summed E-state index contributed by atoms with van der Waals surface area (Å²) in [6, 6.07) is 1.98. The quantitative estimate of drug-likeness (QED) is 0.851. The van der Waals surface area contributed by atoms with E-state index in [0.717, 1.165) is 24.2 Å². The van der Waals surface area contributed by atoms with Gasteiger partial charge in [-0.1, -0.05) is 0 Å². The molecule has 1 fully saturated rings. The van der Waals surface area contributed by atoms with Crippen molar-refractivity contribution in [2.45, 2.75) is 32.8 Å². The minimum Gasteiger partial charge on any atom is -0.448 e. The molecule has 2 aromatic rings. The van der Waals surface area contributed by atoms with Crippen molar-refractivity contribution in [3.8, 4) is 0 Å². The maximum atomic E-state index is 12.4. The second-order valence-electron chi connectivity index (χ2n) is 5.69. The molecule has 1 atom stereocenters. The zero-order valence-electron chi connectivity index (χ0n) is 13.4. The van der Waals surface area contributed by atoms with Gasteiger partial charge in [0.2, 0.25) is 0 Å². The number of aromatic nitrogens is 3. The fourth-order valence-corrected chi connectivity index (χ4v) is 2.66. The molecule has 0 saturated carbocycles. The average Bonchev–Trinajstić information content (AvgIpc) is 2.99. The number of aryl methyl sites for hydroxylation is 3. The molecule has 23 heavy (non-hydrogen) atoms. The van der Waals surface area contributed by atoms with E-state index in [-0.39, 0.29) is 12.0 Å². The smallest absolute Gasteiger partial charge is 0.275 e. The van der Waals surface area contributed by atoms with Crippen molar-refractivity contribution in [3.05, 3.63) is 41.6 Å². The molecule has 1 saturated heterocycles. The Balaban J connectivity index is 1.56. The van der Waals surface area contributed by atoms with Gasteiger partial charge in [-0.3, -0.25) is 4.79 Å². The summed E-state index contributed by atoms with van der Waals surface area (Å²) in [7, 11) is 0. The van der Waals surface area contributed by atoms with E-state index < -0.39 is 0 Å². The Morgan fingerprint density at radius 1 is 1.39 bits per heavy atom. The van der Waals surface area contributed by atoms with Crippen LogP contribution in [-0.2, 0) is 11.2 Å². The number of morpholine rings is 1. The van der Waals surface area contributed by atoms with Crippen molar-refractivity contribution in [1.82, 2.24) is 19.9 Å². The molecule has 0 unspecified atom stereocenters. The van der Waals surface area contributed by atoms with Gasteiger partial charge in [0.15, 0.2) is 11.6 Å². The number of ether oxygens (including phenoxy) is 1. The highest BCUT2D eigenvalue weighted by atomic mass is 16.5. The van der Waals surface area contributed by atoms with Crippen LogP contribution in [0.2, 0.25) is 0 Å². The molecule has 3 heterocycles. The molecular formula is C16H20N4O3. The van der Waals surface area contributed by atoms with Crippen molar-refractivity contribution in [2.75, 3.05) is 19.7 Å². The first kappa shape index (κ1) is 15.6. The van der Waals surface area contributed by atoms with Crippen LogP contribution >= 0.6 is 0 Å². The number of amides is 1. The molecule has 0 radical (unpaired) electrons. The van der Waals surface area contributed by atoms with Gasteiger partial charge >= 0.3 is 0 Å². The molecule has 122 valence electrons. The molecule has 7 nitrogen and oxygen atoms in total. The maximum absolute atomic E-state index is 12.4. The van der Waals surface area contributed by atoms with Crippen LogP contribution in [0.15, 0.2) is 23.1 Å². The second-order valence-corrected chi connectivity index (χ2v) is 5.69. The van der Waals surface area contributed by atoms with E-state index >= 15 is 0 Å². The molecule has 1 aliphatic heterocycles. The molecule has 1 amide bonds.